The van der Waals surface area contributed by atoms with Gasteiger partial charge in [-0.15, -0.1) is 0 Å². The van der Waals surface area contributed by atoms with Crippen molar-refractivity contribution in [1.29, 1.82) is 0 Å². The molecule has 2 rings (SSSR count). The van der Waals surface area contributed by atoms with Crippen LogP contribution < -0.4 is 5.73 Å². The van der Waals surface area contributed by atoms with E-state index in [4.69, 9.17) is 5.73 Å². The molecule has 6 heteroatoms. The summed E-state index contributed by atoms with van der Waals surface area (Å²) in [6.07, 6.45) is 2.73. The molecule has 0 unspecified atom stereocenters. The first-order valence-corrected chi connectivity index (χ1v) is 7.15. The molecule has 19 heavy (non-hydrogen) atoms. The zero-order valence-corrected chi connectivity index (χ0v) is 11.3. The summed E-state index contributed by atoms with van der Waals surface area (Å²) in [5, 5.41) is 0. The molecule has 2 N–H and O–H groups in total. The molecule has 1 heterocycles. The lowest BCUT2D eigenvalue weighted by atomic mass is 10.2. The number of rotatable bonds is 4. The van der Waals surface area contributed by atoms with E-state index < -0.39 is 10.0 Å². The highest BCUT2D eigenvalue weighted by atomic mass is 32.2. The monoisotopic (exact) mass is 277 g/mol. The number of anilines is 1. The summed E-state index contributed by atoms with van der Waals surface area (Å²) in [7, 11) is -2.10. The van der Waals surface area contributed by atoms with Gasteiger partial charge in [-0.1, -0.05) is 30.3 Å². The number of nitrogens with two attached hydrogens (primary N) is 1. The maximum atomic E-state index is 12.4. The molecule has 5 nitrogen and oxygen atoms in total. The average molecular weight is 277 g/mol. The summed E-state index contributed by atoms with van der Waals surface area (Å²) in [5.74, 6) is 0. The van der Waals surface area contributed by atoms with Crippen molar-refractivity contribution in [1.82, 2.24) is 9.29 Å². The van der Waals surface area contributed by atoms with Crippen molar-refractivity contribution in [2.75, 3.05) is 12.8 Å². The Morgan fingerprint density at radius 1 is 1.21 bits per heavy atom. The second-order valence-electron chi connectivity index (χ2n) is 4.16. The number of benzene rings is 1. The van der Waals surface area contributed by atoms with E-state index in [1.807, 2.05) is 30.3 Å². The standard InChI is InChI=1S/C13H15N3O2S/c1-16(10-11-5-3-2-4-6-11)19(17,18)13-9-15-8-7-12(13)14/h2-9H,10H2,1H3,(H2,14,15). The van der Waals surface area contributed by atoms with Crippen LogP contribution in [0.1, 0.15) is 5.56 Å². The van der Waals surface area contributed by atoms with Crippen LogP contribution in [0.3, 0.4) is 0 Å². The van der Waals surface area contributed by atoms with Crippen molar-refractivity contribution in [2.24, 2.45) is 0 Å². The van der Waals surface area contributed by atoms with Crippen molar-refractivity contribution < 1.29 is 8.42 Å². The molecule has 0 bridgehead atoms. The van der Waals surface area contributed by atoms with E-state index in [2.05, 4.69) is 4.98 Å². The molecule has 0 aliphatic heterocycles. The summed E-state index contributed by atoms with van der Waals surface area (Å²) in [6.45, 7) is 0.289. The van der Waals surface area contributed by atoms with Gasteiger partial charge in [-0.3, -0.25) is 4.98 Å². The van der Waals surface area contributed by atoms with Gasteiger partial charge in [0.05, 0.1) is 5.69 Å². The smallest absolute Gasteiger partial charge is 0.246 e. The van der Waals surface area contributed by atoms with E-state index in [1.54, 1.807) is 0 Å². The lowest BCUT2D eigenvalue weighted by Crippen LogP contribution is -2.27. The van der Waals surface area contributed by atoms with Crippen LogP contribution in [0.5, 0.6) is 0 Å². The highest BCUT2D eigenvalue weighted by Gasteiger charge is 2.23. The van der Waals surface area contributed by atoms with Crippen LogP contribution in [0.15, 0.2) is 53.7 Å². The van der Waals surface area contributed by atoms with Gasteiger partial charge in [0.15, 0.2) is 0 Å². The topological polar surface area (TPSA) is 76.3 Å². The van der Waals surface area contributed by atoms with Gasteiger partial charge in [0.1, 0.15) is 4.90 Å². The third-order valence-corrected chi connectivity index (χ3v) is 4.60. The van der Waals surface area contributed by atoms with Crippen LogP contribution >= 0.6 is 0 Å². The second kappa shape index (κ2) is 5.38. The van der Waals surface area contributed by atoms with Gasteiger partial charge >= 0.3 is 0 Å². The molecule has 100 valence electrons. The van der Waals surface area contributed by atoms with Crippen LogP contribution in [-0.4, -0.2) is 24.8 Å². The zero-order chi connectivity index (χ0) is 13.9. The first-order valence-electron chi connectivity index (χ1n) is 5.71. The number of nitrogen functional groups attached to an aromatic ring is 1. The summed E-state index contributed by atoms with van der Waals surface area (Å²) in [6, 6.07) is 10.8. The quantitative estimate of drug-likeness (QED) is 0.918. The number of pyridine rings is 1. The molecule has 0 aliphatic carbocycles. The van der Waals surface area contributed by atoms with Crippen molar-refractivity contribution in [3.8, 4) is 0 Å². The largest absolute Gasteiger partial charge is 0.398 e. The van der Waals surface area contributed by atoms with Gasteiger partial charge in [0.25, 0.3) is 0 Å². The van der Waals surface area contributed by atoms with E-state index in [1.165, 1.54) is 29.8 Å². The second-order valence-corrected chi connectivity index (χ2v) is 6.17. The molecular weight excluding hydrogens is 262 g/mol. The van der Waals surface area contributed by atoms with E-state index >= 15 is 0 Å². The van der Waals surface area contributed by atoms with Gasteiger partial charge in [-0.25, -0.2) is 8.42 Å². The van der Waals surface area contributed by atoms with Crippen molar-refractivity contribution in [3.63, 3.8) is 0 Å². The Balaban J connectivity index is 2.28. The maximum Gasteiger partial charge on any atom is 0.246 e. The molecule has 0 spiro atoms. The van der Waals surface area contributed by atoms with Crippen LogP contribution in [0.25, 0.3) is 0 Å². The van der Waals surface area contributed by atoms with E-state index in [0.29, 0.717) is 0 Å². The first kappa shape index (κ1) is 13.5. The number of aromatic nitrogens is 1. The van der Waals surface area contributed by atoms with Gasteiger partial charge in [0, 0.05) is 26.0 Å². The van der Waals surface area contributed by atoms with E-state index in [9.17, 15) is 8.42 Å². The minimum atomic E-state index is -3.62. The van der Waals surface area contributed by atoms with Crippen molar-refractivity contribution in [3.05, 3.63) is 54.4 Å². The molecule has 0 radical (unpaired) electrons. The van der Waals surface area contributed by atoms with Crippen LogP contribution in [0, 0.1) is 0 Å². The van der Waals surface area contributed by atoms with Gasteiger partial charge in [0.2, 0.25) is 10.0 Å². The lowest BCUT2D eigenvalue weighted by molar-refractivity contribution is 0.467. The Bertz CT molecular complexity index is 657. The third-order valence-electron chi connectivity index (χ3n) is 2.75. The Labute approximate surface area is 112 Å². The average Bonchev–Trinajstić information content (AvgIpc) is 2.40. The SMILES string of the molecule is CN(Cc1ccccc1)S(=O)(=O)c1cnccc1N. The highest BCUT2D eigenvalue weighted by Crippen LogP contribution is 2.21. The molecule has 0 amide bonds. The van der Waals surface area contributed by atoms with E-state index in [0.717, 1.165) is 5.56 Å². The number of hydrogen-bond donors (Lipinski definition) is 1. The molecule has 1 aromatic carbocycles. The fraction of sp³-hybridized carbons (Fsp3) is 0.154. The van der Waals surface area contributed by atoms with Crippen molar-refractivity contribution >= 4 is 15.7 Å². The minimum Gasteiger partial charge on any atom is -0.398 e. The Morgan fingerprint density at radius 3 is 2.53 bits per heavy atom. The van der Waals surface area contributed by atoms with Gasteiger partial charge in [-0.2, -0.15) is 4.31 Å². The molecule has 0 atom stereocenters. The number of sulfonamides is 1. The summed E-state index contributed by atoms with van der Waals surface area (Å²) < 4.78 is 26.0. The normalized spacial score (nSPS) is 11.7. The third kappa shape index (κ3) is 2.91. The minimum absolute atomic E-state index is 0.0356. The number of hydrogen-bond acceptors (Lipinski definition) is 4. The van der Waals surface area contributed by atoms with Gasteiger partial charge < -0.3 is 5.73 Å². The van der Waals surface area contributed by atoms with Gasteiger partial charge in [-0.05, 0) is 11.6 Å². The maximum absolute atomic E-state index is 12.4. The fourth-order valence-electron chi connectivity index (χ4n) is 1.70. The Hall–Kier alpha value is -1.92. The molecule has 0 saturated carbocycles. The Morgan fingerprint density at radius 2 is 1.89 bits per heavy atom. The molecular formula is C13H15N3O2S. The summed E-state index contributed by atoms with van der Waals surface area (Å²) in [5.41, 5.74) is 6.81. The zero-order valence-electron chi connectivity index (χ0n) is 10.5. The summed E-state index contributed by atoms with van der Waals surface area (Å²) >= 11 is 0. The van der Waals surface area contributed by atoms with Crippen molar-refractivity contribution in [2.45, 2.75) is 11.4 Å². The van der Waals surface area contributed by atoms with Crippen LogP contribution in [0.4, 0.5) is 5.69 Å². The predicted octanol–water partition coefficient (Wildman–Crippen LogP) is 1.48. The van der Waals surface area contributed by atoms with Crippen LogP contribution in [0.2, 0.25) is 0 Å². The fourth-order valence-corrected chi connectivity index (χ4v) is 2.91. The molecule has 1 aromatic heterocycles. The summed E-state index contributed by atoms with van der Waals surface area (Å²) in [4.78, 5) is 3.85. The molecule has 2 aromatic rings. The predicted molar refractivity (Wildman–Crippen MR) is 73.7 cm³/mol. The molecule has 0 saturated heterocycles. The Kier molecular flexibility index (Phi) is 3.82. The molecule has 0 aliphatic rings. The van der Waals surface area contributed by atoms with Crippen LogP contribution in [-0.2, 0) is 16.6 Å². The lowest BCUT2D eigenvalue weighted by Gasteiger charge is -2.18. The highest BCUT2D eigenvalue weighted by molar-refractivity contribution is 7.89. The first-order chi connectivity index (χ1) is 9.01. The molecule has 0 fully saturated rings. The van der Waals surface area contributed by atoms with E-state index in [-0.39, 0.29) is 17.1 Å². The number of nitrogens with zero attached hydrogens (tertiary/aromatic N) is 2.